The highest BCUT2D eigenvalue weighted by molar-refractivity contribution is 5.95. The zero-order valence-electron chi connectivity index (χ0n) is 9.42. The number of rotatable bonds is 4. The van der Waals surface area contributed by atoms with Crippen molar-refractivity contribution in [2.24, 2.45) is 4.99 Å². The first-order valence-electron chi connectivity index (χ1n) is 5.26. The Balaban J connectivity index is 2.14. The summed E-state index contributed by atoms with van der Waals surface area (Å²) in [5, 5.41) is 8.67. The number of hydrogen-bond acceptors (Lipinski definition) is 4. The fourth-order valence-corrected chi connectivity index (χ4v) is 1.64. The number of ether oxygens (including phenoxy) is 2. The number of carboxylic acid groups (broad SMARTS) is 1. The van der Waals surface area contributed by atoms with Crippen molar-refractivity contribution >= 4 is 11.9 Å². The predicted molar refractivity (Wildman–Crippen MR) is 61.5 cm³/mol. The van der Waals surface area contributed by atoms with Crippen LogP contribution >= 0.6 is 0 Å². The number of aliphatic imine (C=N–C) groups is 1. The summed E-state index contributed by atoms with van der Waals surface area (Å²) in [5.74, 6) is 0.333. The van der Waals surface area contributed by atoms with Gasteiger partial charge in [-0.25, -0.2) is 4.99 Å². The van der Waals surface area contributed by atoms with Gasteiger partial charge in [0.1, 0.15) is 12.4 Å². The molecule has 0 aromatic heterocycles. The number of nitrogens with zero attached hydrogens (tertiary/aromatic N) is 1. The number of methoxy groups -OCH3 is 1. The third-order valence-corrected chi connectivity index (χ3v) is 2.44. The maximum atomic E-state index is 10.6. The summed E-state index contributed by atoms with van der Waals surface area (Å²) in [6.07, 6.45) is -0.00648. The molecule has 0 amide bonds. The van der Waals surface area contributed by atoms with E-state index < -0.39 is 5.97 Å². The van der Waals surface area contributed by atoms with Gasteiger partial charge in [-0.15, -0.1) is 0 Å². The number of hydrogen-bond donors (Lipinski definition) is 1. The first kappa shape index (κ1) is 11.4. The molecule has 90 valence electrons. The van der Waals surface area contributed by atoms with Crippen LogP contribution in [0, 0.1) is 0 Å². The quantitative estimate of drug-likeness (QED) is 0.854. The standard InChI is InChI=1S/C12H13NO4/c1-16-10-4-2-3-8(5-10)12-13-9(7-17-12)6-11(14)15/h2-5,9H,6-7H2,1H3,(H,14,15). The van der Waals surface area contributed by atoms with E-state index in [0.717, 1.165) is 11.3 Å². The normalized spacial score (nSPS) is 18.4. The Labute approximate surface area is 98.7 Å². The van der Waals surface area contributed by atoms with E-state index in [1.54, 1.807) is 7.11 Å². The maximum Gasteiger partial charge on any atom is 0.305 e. The molecule has 0 spiro atoms. The first-order chi connectivity index (χ1) is 8.19. The highest BCUT2D eigenvalue weighted by Gasteiger charge is 2.22. The highest BCUT2D eigenvalue weighted by Crippen LogP contribution is 2.18. The van der Waals surface area contributed by atoms with Gasteiger partial charge in [-0.1, -0.05) is 6.07 Å². The van der Waals surface area contributed by atoms with Crippen molar-refractivity contribution in [1.82, 2.24) is 0 Å². The van der Waals surface area contributed by atoms with Crippen LogP contribution in [-0.2, 0) is 9.53 Å². The monoisotopic (exact) mass is 235 g/mol. The molecule has 0 saturated heterocycles. The number of carboxylic acids is 1. The second-order valence-electron chi connectivity index (χ2n) is 3.73. The Bertz CT molecular complexity index is 456. The predicted octanol–water partition coefficient (Wildman–Crippen LogP) is 1.32. The van der Waals surface area contributed by atoms with Crippen LogP contribution in [-0.4, -0.2) is 36.7 Å². The first-order valence-corrected chi connectivity index (χ1v) is 5.26. The molecule has 1 aliphatic rings. The Morgan fingerprint density at radius 1 is 1.65 bits per heavy atom. The van der Waals surface area contributed by atoms with Crippen LogP contribution in [0.15, 0.2) is 29.3 Å². The van der Waals surface area contributed by atoms with Crippen LogP contribution < -0.4 is 4.74 Å². The van der Waals surface area contributed by atoms with Gasteiger partial charge in [0, 0.05) is 5.56 Å². The minimum absolute atomic E-state index is 0.00648. The Morgan fingerprint density at radius 2 is 2.47 bits per heavy atom. The molecule has 0 saturated carbocycles. The van der Waals surface area contributed by atoms with Gasteiger partial charge in [-0.2, -0.15) is 0 Å². The Hall–Kier alpha value is -2.04. The lowest BCUT2D eigenvalue weighted by atomic mass is 10.2. The van der Waals surface area contributed by atoms with E-state index in [-0.39, 0.29) is 12.5 Å². The number of aliphatic carboxylic acids is 1. The van der Waals surface area contributed by atoms with Gasteiger partial charge in [0.25, 0.3) is 0 Å². The minimum Gasteiger partial charge on any atom is -0.497 e. The van der Waals surface area contributed by atoms with E-state index in [1.807, 2.05) is 24.3 Å². The van der Waals surface area contributed by atoms with Crippen molar-refractivity contribution in [1.29, 1.82) is 0 Å². The molecule has 2 rings (SSSR count). The SMILES string of the molecule is COc1cccc(C2=NC(CC(=O)O)CO2)c1. The van der Waals surface area contributed by atoms with Gasteiger partial charge in [-0.05, 0) is 18.2 Å². The zero-order chi connectivity index (χ0) is 12.3. The molecule has 0 radical (unpaired) electrons. The molecule has 1 aliphatic heterocycles. The average molecular weight is 235 g/mol. The lowest BCUT2D eigenvalue weighted by molar-refractivity contribution is -0.137. The molecule has 0 aliphatic carbocycles. The number of carbonyl (C=O) groups is 1. The molecule has 0 bridgehead atoms. The van der Waals surface area contributed by atoms with Gasteiger partial charge >= 0.3 is 5.97 Å². The molecule has 5 heteroatoms. The van der Waals surface area contributed by atoms with Crippen molar-refractivity contribution in [3.8, 4) is 5.75 Å². The van der Waals surface area contributed by atoms with Crippen LogP contribution in [0.1, 0.15) is 12.0 Å². The van der Waals surface area contributed by atoms with E-state index in [0.29, 0.717) is 12.5 Å². The van der Waals surface area contributed by atoms with Gasteiger partial charge in [-0.3, -0.25) is 4.79 Å². The van der Waals surface area contributed by atoms with Crippen molar-refractivity contribution in [3.05, 3.63) is 29.8 Å². The molecule has 17 heavy (non-hydrogen) atoms. The molecule has 1 unspecified atom stereocenters. The van der Waals surface area contributed by atoms with Crippen LogP contribution in [0.5, 0.6) is 5.75 Å². The van der Waals surface area contributed by atoms with E-state index >= 15 is 0 Å². The fraction of sp³-hybridized carbons (Fsp3) is 0.333. The smallest absolute Gasteiger partial charge is 0.305 e. The molecule has 1 heterocycles. The van der Waals surface area contributed by atoms with Crippen molar-refractivity contribution < 1.29 is 19.4 Å². The molecule has 5 nitrogen and oxygen atoms in total. The summed E-state index contributed by atoms with van der Waals surface area (Å²) in [4.78, 5) is 14.8. The fourth-order valence-electron chi connectivity index (χ4n) is 1.64. The van der Waals surface area contributed by atoms with Crippen LogP contribution in [0.4, 0.5) is 0 Å². The summed E-state index contributed by atoms with van der Waals surface area (Å²) in [7, 11) is 1.59. The molecule has 0 fully saturated rings. The van der Waals surface area contributed by atoms with E-state index in [9.17, 15) is 4.79 Å². The van der Waals surface area contributed by atoms with E-state index in [4.69, 9.17) is 14.6 Å². The third-order valence-electron chi connectivity index (χ3n) is 2.44. The van der Waals surface area contributed by atoms with Gasteiger partial charge in [0.15, 0.2) is 0 Å². The molecule has 1 aromatic rings. The van der Waals surface area contributed by atoms with Crippen LogP contribution in [0.2, 0.25) is 0 Å². The lowest BCUT2D eigenvalue weighted by Gasteiger charge is -2.03. The summed E-state index contributed by atoms with van der Waals surface area (Å²) in [5.41, 5.74) is 0.803. The molecule has 1 atom stereocenters. The topological polar surface area (TPSA) is 68.1 Å². The second kappa shape index (κ2) is 4.86. The minimum atomic E-state index is -0.866. The maximum absolute atomic E-state index is 10.6. The highest BCUT2D eigenvalue weighted by atomic mass is 16.5. The van der Waals surface area contributed by atoms with Crippen LogP contribution in [0.25, 0.3) is 0 Å². The third kappa shape index (κ3) is 2.75. The number of benzene rings is 1. The van der Waals surface area contributed by atoms with E-state index in [1.165, 1.54) is 0 Å². The molecule has 1 aromatic carbocycles. The molecular weight excluding hydrogens is 222 g/mol. The lowest BCUT2D eigenvalue weighted by Crippen LogP contribution is -2.12. The molecular formula is C12H13NO4. The van der Waals surface area contributed by atoms with Crippen LogP contribution in [0.3, 0.4) is 0 Å². The van der Waals surface area contributed by atoms with Gasteiger partial charge in [0.2, 0.25) is 5.90 Å². The van der Waals surface area contributed by atoms with Gasteiger partial charge in [0.05, 0.1) is 19.6 Å². The Kier molecular flexibility index (Phi) is 3.27. The zero-order valence-corrected chi connectivity index (χ0v) is 9.42. The summed E-state index contributed by atoms with van der Waals surface area (Å²) in [6, 6.07) is 7.03. The van der Waals surface area contributed by atoms with Crippen molar-refractivity contribution in [3.63, 3.8) is 0 Å². The largest absolute Gasteiger partial charge is 0.497 e. The summed E-state index contributed by atoms with van der Waals surface area (Å²) in [6.45, 7) is 0.318. The van der Waals surface area contributed by atoms with Crippen molar-refractivity contribution in [2.75, 3.05) is 13.7 Å². The Morgan fingerprint density at radius 3 is 3.18 bits per heavy atom. The molecule has 1 N–H and O–H groups in total. The van der Waals surface area contributed by atoms with Gasteiger partial charge < -0.3 is 14.6 Å². The van der Waals surface area contributed by atoms with E-state index in [2.05, 4.69) is 4.99 Å². The second-order valence-corrected chi connectivity index (χ2v) is 3.73. The average Bonchev–Trinajstić information content (AvgIpc) is 2.77. The summed E-state index contributed by atoms with van der Waals surface area (Å²) < 4.78 is 10.5. The summed E-state index contributed by atoms with van der Waals surface area (Å²) >= 11 is 0. The van der Waals surface area contributed by atoms with Crippen molar-refractivity contribution in [2.45, 2.75) is 12.5 Å².